The minimum absolute atomic E-state index is 0.0436. The van der Waals surface area contributed by atoms with E-state index < -0.39 is 0 Å². The largest absolute Gasteiger partial charge is 0.467 e. The fourth-order valence-corrected chi connectivity index (χ4v) is 5.04. The maximum absolute atomic E-state index is 12.8. The molecule has 0 fully saturated rings. The van der Waals surface area contributed by atoms with Crippen LogP contribution in [-0.4, -0.2) is 36.5 Å². The third kappa shape index (κ3) is 4.30. The van der Waals surface area contributed by atoms with Gasteiger partial charge in [-0.25, -0.2) is 0 Å². The maximum atomic E-state index is 12.8. The number of hydrogen-bond donors (Lipinski definition) is 1. The molecule has 0 radical (unpaired) electrons. The summed E-state index contributed by atoms with van der Waals surface area (Å²) in [6.45, 7) is 6.60. The van der Waals surface area contributed by atoms with Gasteiger partial charge in [0.15, 0.2) is 0 Å². The van der Waals surface area contributed by atoms with Crippen molar-refractivity contribution in [2.24, 2.45) is 0 Å². The molecule has 0 bridgehead atoms. The Morgan fingerprint density at radius 1 is 1.06 bits per heavy atom. The van der Waals surface area contributed by atoms with E-state index in [1.807, 2.05) is 0 Å². The number of nitrogens with one attached hydrogen (secondary N) is 1. The zero-order chi connectivity index (χ0) is 21.9. The van der Waals surface area contributed by atoms with Crippen molar-refractivity contribution in [3.8, 4) is 0 Å². The summed E-state index contributed by atoms with van der Waals surface area (Å²) in [6, 6.07) is 19.4. The summed E-state index contributed by atoms with van der Waals surface area (Å²) < 4.78 is 5.74. The summed E-state index contributed by atoms with van der Waals surface area (Å²) >= 11 is 0. The predicted octanol–water partition coefficient (Wildman–Crippen LogP) is 4.41. The van der Waals surface area contributed by atoms with E-state index in [0.29, 0.717) is 24.7 Å². The van der Waals surface area contributed by atoms with Gasteiger partial charge in [-0.15, -0.1) is 0 Å². The van der Waals surface area contributed by atoms with Crippen molar-refractivity contribution in [2.45, 2.75) is 45.3 Å². The SMILES string of the molecule is CC1Cc2ccccc2N1Cc1occc1C(=O)NCCCN1CCc2ccccc2C1. The number of para-hydroxylation sites is 1. The summed E-state index contributed by atoms with van der Waals surface area (Å²) in [4.78, 5) is 17.6. The smallest absolute Gasteiger partial charge is 0.254 e. The van der Waals surface area contributed by atoms with Crippen molar-refractivity contribution in [2.75, 3.05) is 24.5 Å². The van der Waals surface area contributed by atoms with Crippen LogP contribution in [0.2, 0.25) is 0 Å². The van der Waals surface area contributed by atoms with Crippen LogP contribution in [0.3, 0.4) is 0 Å². The topological polar surface area (TPSA) is 48.7 Å². The molecule has 0 saturated carbocycles. The van der Waals surface area contributed by atoms with Gasteiger partial charge in [-0.1, -0.05) is 42.5 Å². The lowest BCUT2D eigenvalue weighted by molar-refractivity contribution is 0.0949. The monoisotopic (exact) mass is 429 g/mol. The summed E-state index contributed by atoms with van der Waals surface area (Å²) in [7, 11) is 0. The fraction of sp³-hybridized carbons (Fsp3) is 0.370. The van der Waals surface area contributed by atoms with E-state index in [0.717, 1.165) is 44.7 Å². The van der Waals surface area contributed by atoms with Crippen molar-refractivity contribution in [3.05, 3.63) is 88.9 Å². The Hall–Kier alpha value is -3.05. The third-order valence-corrected chi connectivity index (χ3v) is 6.80. The highest BCUT2D eigenvalue weighted by molar-refractivity contribution is 5.95. The molecule has 0 spiro atoms. The lowest BCUT2D eigenvalue weighted by Gasteiger charge is -2.28. The molecule has 1 unspecified atom stereocenters. The molecule has 2 aromatic carbocycles. The Labute approximate surface area is 190 Å². The molecule has 1 atom stereocenters. The number of carbonyl (C=O) groups is 1. The minimum atomic E-state index is -0.0436. The molecule has 0 saturated heterocycles. The second kappa shape index (κ2) is 9.21. The third-order valence-electron chi connectivity index (χ3n) is 6.80. The Balaban J connectivity index is 1.13. The van der Waals surface area contributed by atoms with E-state index in [1.54, 1.807) is 12.3 Å². The van der Waals surface area contributed by atoms with Crippen LogP contribution in [0.1, 0.15) is 46.2 Å². The van der Waals surface area contributed by atoms with Crippen LogP contribution in [-0.2, 0) is 25.9 Å². The Bertz CT molecular complexity index is 1090. The van der Waals surface area contributed by atoms with Crippen LogP contribution in [0, 0.1) is 0 Å². The number of amides is 1. The zero-order valence-electron chi connectivity index (χ0n) is 18.7. The lowest BCUT2D eigenvalue weighted by Crippen LogP contribution is -2.34. The van der Waals surface area contributed by atoms with Crippen LogP contribution >= 0.6 is 0 Å². The van der Waals surface area contributed by atoms with E-state index in [-0.39, 0.29) is 5.91 Å². The quantitative estimate of drug-likeness (QED) is 0.565. The van der Waals surface area contributed by atoms with Crippen molar-refractivity contribution >= 4 is 11.6 Å². The Morgan fingerprint density at radius 3 is 2.72 bits per heavy atom. The van der Waals surface area contributed by atoms with E-state index in [9.17, 15) is 4.79 Å². The number of rotatable bonds is 7. The highest BCUT2D eigenvalue weighted by Crippen LogP contribution is 2.33. The zero-order valence-corrected chi connectivity index (χ0v) is 18.7. The average molecular weight is 430 g/mol. The van der Waals surface area contributed by atoms with E-state index >= 15 is 0 Å². The highest BCUT2D eigenvalue weighted by atomic mass is 16.3. The number of fused-ring (bicyclic) bond motifs is 2. The second-order valence-corrected chi connectivity index (χ2v) is 8.97. The van der Waals surface area contributed by atoms with E-state index in [1.165, 1.54) is 22.4 Å². The molecule has 1 aromatic heterocycles. The molecule has 32 heavy (non-hydrogen) atoms. The molecule has 3 heterocycles. The van der Waals surface area contributed by atoms with Gasteiger partial charge in [0, 0.05) is 37.9 Å². The Kier molecular flexibility index (Phi) is 5.99. The number of anilines is 1. The summed E-state index contributed by atoms with van der Waals surface area (Å²) in [5.41, 5.74) is 6.15. The molecule has 3 aromatic rings. The van der Waals surface area contributed by atoms with Gasteiger partial charge >= 0.3 is 0 Å². The van der Waals surface area contributed by atoms with Crippen LogP contribution in [0.5, 0.6) is 0 Å². The van der Waals surface area contributed by atoms with Crippen LogP contribution in [0.15, 0.2) is 65.3 Å². The van der Waals surface area contributed by atoms with Crippen LogP contribution in [0.4, 0.5) is 5.69 Å². The van der Waals surface area contributed by atoms with Gasteiger partial charge in [0.05, 0.1) is 18.4 Å². The molecule has 2 aliphatic rings. The number of hydrogen-bond acceptors (Lipinski definition) is 4. The van der Waals surface area contributed by atoms with Crippen molar-refractivity contribution in [3.63, 3.8) is 0 Å². The van der Waals surface area contributed by atoms with Crippen molar-refractivity contribution < 1.29 is 9.21 Å². The fourth-order valence-electron chi connectivity index (χ4n) is 5.04. The number of carbonyl (C=O) groups excluding carboxylic acids is 1. The first-order valence-corrected chi connectivity index (χ1v) is 11.7. The van der Waals surface area contributed by atoms with E-state index in [4.69, 9.17) is 4.42 Å². The standard InChI is InChI=1S/C27H31N3O2/c1-20-17-22-8-4-5-10-25(22)30(20)19-26-24(12-16-32-26)27(31)28-13-6-14-29-15-11-21-7-2-3-9-23(21)18-29/h2-5,7-10,12,16,20H,6,11,13-15,17-19H2,1H3,(H,28,31). The van der Waals surface area contributed by atoms with Gasteiger partial charge in [0.1, 0.15) is 5.76 Å². The molecule has 5 heteroatoms. The highest BCUT2D eigenvalue weighted by Gasteiger charge is 2.28. The van der Waals surface area contributed by atoms with Crippen LogP contribution in [0.25, 0.3) is 0 Å². The summed E-state index contributed by atoms with van der Waals surface area (Å²) in [6.07, 6.45) is 4.71. The second-order valence-electron chi connectivity index (χ2n) is 8.97. The molecule has 5 rings (SSSR count). The van der Waals surface area contributed by atoms with E-state index in [2.05, 4.69) is 70.6 Å². The predicted molar refractivity (Wildman–Crippen MR) is 127 cm³/mol. The van der Waals surface area contributed by atoms with Gasteiger partial charge in [-0.2, -0.15) is 0 Å². The van der Waals surface area contributed by atoms with Gasteiger partial charge in [0.2, 0.25) is 0 Å². The number of nitrogens with zero attached hydrogens (tertiary/aromatic N) is 2. The lowest BCUT2D eigenvalue weighted by atomic mass is 10.00. The molecule has 166 valence electrons. The summed E-state index contributed by atoms with van der Waals surface area (Å²) in [5, 5.41) is 3.10. The van der Waals surface area contributed by atoms with Gasteiger partial charge in [-0.05, 0) is 55.0 Å². The van der Waals surface area contributed by atoms with Gasteiger partial charge in [0.25, 0.3) is 5.91 Å². The van der Waals surface area contributed by atoms with Gasteiger partial charge < -0.3 is 14.6 Å². The van der Waals surface area contributed by atoms with Gasteiger partial charge in [-0.3, -0.25) is 9.69 Å². The minimum Gasteiger partial charge on any atom is -0.467 e. The first-order chi connectivity index (χ1) is 15.7. The first-order valence-electron chi connectivity index (χ1n) is 11.7. The molecule has 5 nitrogen and oxygen atoms in total. The first kappa shape index (κ1) is 20.8. The maximum Gasteiger partial charge on any atom is 0.254 e. The molecular formula is C27H31N3O2. The molecule has 2 aliphatic heterocycles. The average Bonchev–Trinajstić information content (AvgIpc) is 3.41. The molecular weight excluding hydrogens is 398 g/mol. The summed E-state index contributed by atoms with van der Waals surface area (Å²) in [5.74, 6) is 0.691. The molecule has 0 aliphatic carbocycles. The van der Waals surface area contributed by atoms with Crippen LogP contribution < -0.4 is 10.2 Å². The Morgan fingerprint density at radius 2 is 1.84 bits per heavy atom. The van der Waals surface area contributed by atoms with Crippen molar-refractivity contribution in [1.29, 1.82) is 0 Å². The molecule has 1 amide bonds. The number of furan rings is 1. The number of benzene rings is 2. The molecule has 1 N–H and O–H groups in total. The van der Waals surface area contributed by atoms with Crippen molar-refractivity contribution in [1.82, 2.24) is 10.2 Å². The normalized spacial score (nSPS) is 17.8.